The number of ether oxygens (including phenoxy) is 4. The zero-order chi connectivity index (χ0) is 74.2. The number of hydrogen-bond acceptors (Lipinski definition) is 15. The number of rotatable bonds is 81. The average molecular weight is 1480 g/mol. The van der Waals surface area contributed by atoms with Crippen LogP contribution in [0, 0.1) is 11.8 Å². The average Bonchev–Trinajstić information content (AvgIpc) is 0.988. The fourth-order valence-corrected chi connectivity index (χ4v) is 14.3. The van der Waals surface area contributed by atoms with Crippen LogP contribution in [-0.2, 0) is 65.4 Å². The highest BCUT2D eigenvalue weighted by Gasteiger charge is 2.30. The second kappa shape index (κ2) is 73.6. The summed E-state index contributed by atoms with van der Waals surface area (Å²) in [6.07, 6.45) is 63.7. The Kier molecular flexibility index (Phi) is 72.2. The number of carbonyl (C=O) groups is 4. The Morgan fingerprint density at radius 3 is 0.673 bits per heavy atom. The Morgan fingerprint density at radius 1 is 0.267 bits per heavy atom. The summed E-state index contributed by atoms with van der Waals surface area (Å²) in [5, 5.41) is 10.7. The van der Waals surface area contributed by atoms with E-state index in [-0.39, 0.29) is 25.7 Å². The number of hydrogen-bond donors (Lipinski definition) is 3. The molecule has 0 amide bonds. The Hall–Kier alpha value is -1.94. The summed E-state index contributed by atoms with van der Waals surface area (Å²) in [6, 6.07) is 0. The number of phosphoric ester groups is 2. The SMILES string of the molecule is CCCCCCCCCCCCCCCCCC(=O)OC[C@H](COP(=O)(O)OC[C@@H](O)COP(=O)(O)OC[C@@H](COC(=O)CCCCCCCCCCCCCCC)OC(=O)CCCCCCCCCCCCCC(C)C)OC(=O)CCCCCCCCCCCCCCCCCCC(C)C. The van der Waals surface area contributed by atoms with Crippen molar-refractivity contribution in [3.8, 4) is 0 Å². The van der Waals surface area contributed by atoms with Crippen LogP contribution in [0.4, 0.5) is 0 Å². The Morgan fingerprint density at radius 2 is 0.455 bits per heavy atom. The number of unbranched alkanes of at least 4 members (excludes halogenated alkanes) is 51. The molecule has 0 bridgehead atoms. The van der Waals surface area contributed by atoms with Crippen molar-refractivity contribution in [2.75, 3.05) is 39.6 Å². The molecule has 0 saturated carbocycles. The van der Waals surface area contributed by atoms with Gasteiger partial charge in [-0.15, -0.1) is 0 Å². The molecule has 0 aromatic carbocycles. The maximum atomic E-state index is 13.1. The van der Waals surface area contributed by atoms with Gasteiger partial charge >= 0.3 is 39.5 Å². The molecular weight excluding hydrogens is 1320 g/mol. The monoisotopic (exact) mass is 1480 g/mol. The third kappa shape index (κ3) is 76.1. The lowest BCUT2D eigenvalue weighted by Crippen LogP contribution is -2.30. The van der Waals surface area contributed by atoms with E-state index in [1.54, 1.807) is 0 Å². The standard InChI is InChI=1S/C82H160O17P2/c1-7-9-11-13-15-17-19-21-24-29-35-41-47-53-59-65-80(85)93-70-77(98-81(86)66-60-54-48-42-36-30-26-23-22-25-28-32-38-44-50-56-62-74(3)4)72-96-100(88,89)94-68-76(83)69-95-101(90,91)97-73-78(71-92-79(84)64-58-52-46-40-34-27-20-18-16-14-12-10-8-2)99-82(87)67-61-55-49-43-37-31-33-39-45-51-57-63-75(5)6/h74-78,83H,7-73H2,1-6H3,(H,88,89)(H,90,91)/t76-,77-,78-/m1/s1. The van der Waals surface area contributed by atoms with Gasteiger partial charge in [-0.3, -0.25) is 37.3 Å². The smallest absolute Gasteiger partial charge is 0.462 e. The van der Waals surface area contributed by atoms with Gasteiger partial charge in [0.05, 0.1) is 26.4 Å². The molecule has 2 unspecified atom stereocenters. The third-order valence-corrected chi connectivity index (χ3v) is 21.1. The van der Waals surface area contributed by atoms with Gasteiger partial charge in [-0.2, -0.15) is 0 Å². The van der Waals surface area contributed by atoms with Crippen molar-refractivity contribution in [3.63, 3.8) is 0 Å². The molecule has 0 aliphatic carbocycles. The predicted octanol–water partition coefficient (Wildman–Crippen LogP) is 24.7. The summed E-state index contributed by atoms with van der Waals surface area (Å²) >= 11 is 0. The largest absolute Gasteiger partial charge is 0.472 e. The van der Waals surface area contributed by atoms with E-state index in [0.29, 0.717) is 25.7 Å². The van der Waals surface area contributed by atoms with Crippen LogP contribution in [0.15, 0.2) is 0 Å². The molecule has 3 N–H and O–H groups in total. The van der Waals surface area contributed by atoms with Gasteiger partial charge in [0.15, 0.2) is 12.2 Å². The van der Waals surface area contributed by atoms with Gasteiger partial charge in [-0.25, -0.2) is 9.13 Å². The number of esters is 4. The molecule has 0 aromatic heterocycles. The molecule has 600 valence electrons. The first kappa shape index (κ1) is 99.1. The molecule has 101 heavy (non-hydrogen) atoms. The quantitative estimate of drug-likeness (QED) is 0.0222. The predicted molar refractivity (Wildman–Crippen MR) is 414 cm³/mol. The lowest BCUT2D eigenvalue weighted by Gasteiger charge is -2.21. The van der Waals surface area contributed by atoms with Crippen LogP contribution in [0.2, 0.25) is 0 Å². The van der Waals surface area contributed by atoms with Crippen LogP contribution in [0.3, 0.4) is 0 Å². The maximum Gasteiger partial charge on any atom is 0.472 e. The van der Waals surface area contributed by atoms with Gasteiger partial charge in [0.2, 0.25) is 0 Å². The van der Waals surface area contributed by atoms with Crippen molar-refractivity contribution in [1.82, 2.24) is 0 Å². The molecule has 5 atom stereocenters. The van der Waals surface area contributed by atoms with Crippen LogP contribution >= 0.6 is 15.6 Å². The lowest BCUT2D eigenvalue weighted by atomic mass is 10.0. The Balaban J connectivity index is 5.26. The first-order valence-electron chi connectivity index (χ1n) is 42.5. The third-order valence-electron chi connectivity index (χ3n) is 19.2. The molecule has 0 fully saturated rings. The summed E-state index contributed by atoms with van der Waals surface area (Å²) in [5.41, 5.74) is 0. The van der Waals surface area contributed by atoms with E-state index in [4.69, 9.17) is 37.0 Å². The Labute approximate surface area is 619 Å². The van der Waals surface area contributed by atoms with Crippen molar-refractivity contribution < 1.29 is 80.2 Å². The summed E-state index contributed by atoms with van der Waals surface area (Å²) in [5.74, 6) is -0.530. The van der Waals surface area contributed by atoms with Crippen LogP contribution in [0.1, 0.15) is 433 Å². The van der Waals surface area contributed by atoms with E-state index in [1.165, 1.54) is 250 Å². The van der Waals surface area contributed by atoms with Gasteiger partial charge < -0.3 is 33.8 Å². The zero-order valence-electron chi connectivity index (χ0n) is 66.2. The van der Waals surface area contributed by atoms with Crippen molar-refractivity contribution in [3.05, 3.63) is 0 Å². The van der Waals surface area contributed by atoms with Crippen molar-refractivity contribution in [1.29, 1.82) is 0 Å². The summed E-state index contributed by atoms with van der Waals surface area (Å²) < 4.78 is 68.8. The van der Waals surface area contributed by atoms with Crippen molar-refractivity contribution in [2.24, 2.45) is 11.8 Å². The zero-order valence-corrected chi connectivity index (χ0v) is 68.0. The first-order valence-corrected chi connectivity index (χ1v) is 45.5. The normalized spacial score (nSPS) is 13.9. The van der Waals surface area contributed by atoms with Crippen LogP contribution in [0.5, 0.6) is 0 Å². The molecule has 0 heterocycles. The van der Waals surface area contributed by atoms with Gasteiger partial charge in [0.25, 0.3) is 0 Å². The number of phosphoric acid groups is 2. The van der Waals surface area contributed by atoms with Crippen LogP contribution < -0.4 is 0 Å². The molecule has 0 radical (unpaired) electrons. The minimum absolute atomic E-state index is 0.107. The minimum Gasteiger partial charge on any atom is -0.462 e. The molecular formula is C82H160O17P2. The summed E-state index contributed by atoms with van der Waals surface area (Å²) in [7, 11) is -9.92. The maximum absolute atomic E-state index is 13.1. The molecule has 17 nitrogen and oxygen atoms in total. The molecule has 0 saturated heterocycles. The number of carbonyl (C=O) groups excluding carboxylic acids is 4. The first-order chi connectivity index (χ1) is 48.9. The molecule has 19 heteroatoms. The van der Waals surface area contributed by atoms with Crippen LogP contribution in [0.25, 0.3) is 0 Å². The van der Waals surface area contributed by atoms with E-state index < -0.39 is 97.5 Å². The van der Waals surface area contributed by atoms with E-state index in [0.717, 1.165) is 102 Å². The highest BCUT2D eigenvalue weighted by molar-refractivity contribution is 7.47. The molecule has 0 rings (SSSR count). The van der Waals surface area contributed by atoms with Crippen LogP contribution in [-0.4, -0.2) is 96.7 Å². The second-order valence-electron chi connectivity index (χ2n) is 30.5. The van der Waals surface area contributed by atoms with E-state index in [9.17, 15) is 43.2 Å². The second-order valence-corrected chi connectivity index (χ2v) is 33.4. The summed E-state index contributed by atoms with van der Waals surface area (Å²) in [4.78, 5) is 73.1. The van der Waals surface area contributed by atoms with Crippen molar-refractivity contribution in [2.45, 2.75) is 452 Å². The van der Waals surface area contributed by atoms with Gasteiger partial charge in [0.1, 0.15) is 19.3 Å². The fraction of sp³-hybridized carbons (Fsp3) is 0.951. The Bertz CT molecular complexity index is 1940. The molecule has 0 aromatic rings. The van der Waals surface area contributed by atoms with Gasteiger partial charge in [-0.1, -0.05) is 382 Å². The highest BCUT2D eigenvalue weighted by atomic mass is 31.2. The minimum atomic E-state index is -4.96. The van der Waals surface area contributed by atoms with E-state index in [1.807, 2.05) is 0 Å². The van der Waals surface area contributed by atoms with E-state index in [2.05, 4.69) is 41.5 Å². The molecule has 0 spiro atoms. The number of aliphatic hydroxyl groups is 1. The van der Waals surface area contributed by atoms with E-state index >= 15 is 0 Å². The highest BCUT2D eigenvalue weighted by Crippen LogP contribution is 2.45. The van der Waals surface area contributed by atoms with Gasteiger partial charge in [0, 0.05) is 25.7 Å². The summed E-state index contributed by atoms with van der Waals surface area (Å²) in [6.45, 7) is 9.68. The topological polar surface area (TPSA) is 237 Å². The number of aliphatic hydroxyl groups excluding tert-OH is 1. The molecule has 0 aliphatic heterocycles. The van der Waals surface area contributed by atoms with Crippen molar-refractivity contribution >= 4 is 39.5 Å². The lowest BCUT2D eigenvalue weighted by molar-refractivity contribution is -0.161. The molecule has 0 aliphatic rings. The van der Waals surface area contributed by atoms with Gasteiger partial charge in [-0.05, 0) is 37.5 Å². The fourth-order valence-electron chi connectivity index (χ4n) is 12.7.